The van der Waals surface area contributed by atoms with Gasteiger partial charge in [-0.3, -0.25) is 4.79 Å². The van der Waals surface area contributed by atoms with Gasteiger partial charge in [0.2, 0.25) is 11.7 Å². The van der Waals surface area contributed by atoms with Crippen LogP contribution in [0.4, 0.5) is 0 Å². The van der Waals surface area contributed by atoms with Crippen LogP contribution in [0, 0.1) is 13.8 Å². The second kappa shape index (κ2) is 11.5. The maximum absolute atomic E-state index is 13.4. The van der Waals surface area contributed by atoms with Crippen LogP contribution in [-0.2, 0) is 12.8 Å². The highest BCUT2D eigenvalue weighted by Gasteiger charge is 2.18. The Bertz CT molecular complexity index is 1300. The average Bonchev–Trinajstić information content (AvgIpc) is 3.38. The molecular formula is C29H31N3O4. The summed E-state index contributed by atoms with van der Waals surface area (Å²) in [5, 5.41) is 4.12. The van der Waals surface area contributed by atoms with Gasteiger partial charge in [0.15, 0.2) is 11.5 Å². The summed E-state index contributed by atoms with van der Waals surface area (Å²) >= 11 is 0. The minimum Gasteiger partial charge on any atom is -0.493 e. The Morgan fingerprint density at radius 1 is 0.833 bits per heavy atom. The number of rotatable bonds is 10. The van der Waals surface area contributed by atoms with Crippen LogP contribution in [0.5, 0.6) is 11.5 Å². The Labute approximate surface area is 211 Å². The molecule has 3 aromatic carbocycles. The molecule has 1 amide bonds. The third kappa shape index (κ3) is 6.10. The molecule has 0 bridgehead atoms. The highest BCUT2D eigenvalue weighted by atomic mass is 16.5. The van der Waals surface area contributed by atoms with Crippen molar-refractivity contribution >= 4 is 5.91 Å². The van der Waals surface area contributed by atoms with Crippen LogP contribution in [0.3, 0.4) is 0 Å². The van der Waals surface area contributed by atoms with Gasteiger partial charge >= 0.3 is 0 Å². The van der Waals surface area contributed by atoms with E-state index >= 15 is 0 Å². The van der Waals surface area contributed by atoms with E-state index in [4.69, 9.17) is 14.0 Å². The van der Waals surface area contributed by atoms with E-state index in [9.17, 15) is 4.79 Å². The number of aryl methyl sites for hydroxylation is 2. The number of methoxy groups -OCH3 is 2. The summed E-state index contributed by atoms with van der Waals surface area (Å²) in [6.07, 6.45) is 1.12. The monoisotopic (exact) mass is 485 g/mol. The Morgan fingerprint density at radius 3 is 2.14 bits per heavy atom. The summed E-state index contributed by atoms with van der Waals surface area (Å²) in [4.78, 5) is 19.8. The van der Waals surface area contributed by atoms with Crippen molar-refractivity contribution in [2.45, 2.75) is 26.7 Å². The normalized spacial score (nSPS) is 10.8. The molecule has 0 aliphatic heterocycles. The SMILES string of the molecule is COc1ccc(CCN(CCc2nc(-c3ccc(C)cc3)no2)C(=O)c2ccc(C)cc2)cc1OC. The molecule has 0 aliphatic carbocycles. The summed E-state index contributed by atoms with van der Waals surface area (Å²) in [6.45, 7) is 5.02. The molecule has 0 radical (unpaired) electrons. The van der Waals surface area contributed by atoms with Gasteiger partial charge in [-0.1, -0.05) is 58.7 Å². The lowest BCUT2D eigenvalue weighted by atomic mass is 10.1. The molecule has 0 N–H and O–H groups in total. The lowest BCUT2D eigenvalue weighted by Gasteiger charge is -2.22. The fraction of sp³-hybridized carbons (Fsp3) is 0.276. The van der Waals surface area contributed by atoms with Gasteiger partial charge in [-0.15, -0.1) is 0 Å². The van der Waals surface area contributed by atoms with Crippen LogP contribution >= 0.6 is 0 Å². The van der Waals surface area contributed by atoms with Gasteiger partial charge in [-0.25, -0.2) is 0 Å². The number of carbonyl (C=O) groups is 1. The quantitative estimate of drug-likeness (QED) is 0.303. The topological polar surface area (TPSA) is 77.7 Å². The zero-order valence-corrected chi connectivity index (χ0v) is 21.2. The Hall–Kier alpha value is -4.13. The Balaban J connectivity index is 1.48. The maximum Gasteiger partial charge on any atom is 0.253 e. The first-order chi connectivity index (χ1) is 17.5. The minimum atomic E-state index is -0.0336. The van der Waals surface area contributed by atoms with Gasteiger partial charge in [0.1, 0.15) is 0 Å². The molecule has 1 heterocycles. The van der Waals surface area contributed by atoms with E-state index in [1.807, 2.05) is 85.5 Å². The second-order valence-electron chi connectivity index (χ2n) is 8.73. The van der Waals surface area contributed by atoms with E-state index < -0.39 is 0 Å². The van der Waals surface area contributed by atoms with Crippen molar-refractivity contribution in [1.29, 1.82) is 0 Å². The molecule has 0 unspecified atom stereocenters. The summed E-state index contributed by atoms with van der Waals surface area (Å²) in [5.74, 6) is 2.36. The predicted molar refractivity (Wildman–Crippen MR) is 139 cm³/mol. The number of aromatic nitrogens is 2. The molecule has 4 rings (SSSR count). The fourth-order valence-corrected chi connectivity index (χ4v) is 3.90. The molecule has 36 heavy (non-hydrogen) atoms. The first-order valence-corrected chi connectivity index (χ1v) is 11.9. The van der Waals surface area contributed by atoms with Crippen molar-refractivity contribution in [2.75, 3.05) is 27.3 Å². The summed E-state index contributed by atoms with van der Waals surface area (Å²) in [6, 6.07) is 21.4. The third-order valence-corrected chi connectivity index (χ3v) is 6.08. The third-order valence-electron chi connectivity index (χ3n) is 6.08. The van der Waals surface area contributed by atoms with Gasteiger partial charge in [0, 0.05) is 30.6 Å². The molecular weight excluding hydrogens is 454 g/mol. The van der Waals surface area contributed by atoms with Crippen molar-refractivity contribution in [3.05, 3.63) is 94.9 Å². The Morgan fingerprint density at radius 2 is 1.47 bits per heavy atom. The highest BCUT2D eigenvalue weighted by molar-refractivity contribution is 5.94. The fourth-order valence-electron chi connectivity index (χ4n) is 3.90. The van der Waals surface area contributed by atoms with Crippen LogP contribution < -0.4 is 9.47 Å². The van der Waals surface area contributed by atoms with E-state index in [2.05, 4.69) is 10.1 Å². The molecule has 0 saturated carbocycles. The van der Waals surface area contributed by atoms with E-state index in [1.165, 1.54) is 5.56 Å². The number of ether oxygens (including phenoxy) is 2. The summed E-state index contributed by atoms with van der Waals surface area (Å²) in [5.41, 5.74) is 4.88. The summed E-state index contributed by atoms with van der Waals surface area (Å²) in [7, 11) is 3.23. The molecule has 7 heteroatoms. The Kier molecular flexibility index (Phi) is 8.00. The van der Waals surface area contributed by atoms with E-state index in [0.717, 1.165) is 16.7 Å². The largest absolute Gasteiger partial charge is 0.493 e. The van der Waals surface area contributed by atoms with Crippen LogP contribution in [0.25, 0.3) is 11.4 Å². The summed E-state index contributed by atoms with van der Waals surface area (Å²) < 4.78 is 16.3. The molecule has 0 atom stereocenters. The first kappa shape index (κ1) is 25.0. The molecule has 7 nitrogen and oxygen atoms in total. The first-order valence-electron chi connectivity index (χ1n) is 11.9. The number of carbonyl (C=O) groups excluding carboxylic acids is 1. The van der Waals surface area contributed by atoms with Gasteiger partial charge in [-0.05, 0) is 50.1 Å². The number of amides is 1. The van der Waals surface area contributed by atoms with Gasteiger partial charge < -0.3 is 18.9 Å². The highest BCUT2D eigenvalue weighted by Crippen LogP contribution is 2.28. The van der Waals surface area contributed by atoms with Crippen LogP contribution in [-0.4, -0.2) is 48.3 Å². The molecule has 186 valence electrons. The second-order valence-corrected chi connectivity index (χ2v) is 8.73. The van der Waals surface area contributed by atoms with Crippen LogP contribution in [0.15, 0.2) is 71.3 Å². The molecule has 0 fully saturated rings. The van der Waals surface area contributed by atoms with Gasteiger partial charge in [0.05, 0.1) is 14.2 Å². The van der Waals surface area contributed by atoms with Gasteiger partial charge in [-0.2, -0.15) is 4.98 Å². The van der Waals surface area contributed by atoms with Crippen molar-refractivity contribution in [3.8, 4) is 22.9 Å². The van der Waals surface area contributed by atoms with E-state index in [-0.39, 0.29) is 5.91 Å². The number of nitrogens with zero attached hydrogens (tertiary/aromatic N) is 3. The van der Waals surface area contributed by atoms with Gasteiger partial charge in [0.25, 0.3) is 5.91 Å². The zero-order valence-electron chi connectivity index (χ0n) is 21.2. The zero-order chi connectivity index (χ0) is 25.5. The molecule has 0 aliphatic rings. The molecule has 1 aromatic heterocycles. The standard InChI is InChI=1S/C29H31N3O4/c1-20-5-10-23(11-6-20)28-30-27(36-31-28)16-18-32(29(33)24-12-7-21(2)8-13-24)17-15-22-9-14-25(34-3)26(19-22)35-4/h5-14,19H,15-18H2,1-4H3. The van der Waals surface area contributed by atoms with Crippen molar-refractivity contribution in [2.24, 2.45) is 0 Å². The maximum atomic E-state index is 13.4. The lowest BCUT2D eigenvalue weighted by molar-refractivity contribution is 0.0756. The van der Waals surface area contributed by atoms with E-state index in [1.54, 1.807) is 14.2 Å². The smallest absolute Gasteiger partial charge is 0.253 e. The molecule has 4 aromatic rings. The average molecular weight is 486 g/mol. The molecule has 0 spiro atoms. The molecule has 0 saturated heterocycles. The van der Waals surface area contributed by atoms with Crippen molar-refractivity contribution < 1.29 is 18.8 Å². The minimum absolute atomic E-state index is 0.0336. The lowest BCUT2D eigenvalue weighted by Crippen LogP contribution is -2.34. The van der Waals surface area contributed by atoms with Crippen LogP contribution in [0.1, 0.15) is 32.9 Å². The number of benzene rings is 3. The number of hydrogen-bond acceptors (Lipinski definition) is 6. The van der Waals surface area contributed by atoms with Crippen molar-refractivity contribution in [1.82, 2.24) is 15.0 Å². The number of hydrogen-bond donors (Lipinski definition) is 0. The van der Waals surface area contributed by atoms with Crippen LogP contribution in [0.2, 0.25) is 0 Å². The predicted octanol–water partition coefficient (Wildman–Crippen LogP) is 5.30. The van der Waals surface area contributed by atoms with Crippen molar-refractivity contribution in [3.63, 3.8) is 0 Å². The van der Waals surface area contributed by atoms with E-state index in [0.29, 0.717) is 54.7 Å².